The standard InChI is InChI=1S/C22H26O8/c1-13(23)30-15-11-18(25-2)16(19(12-15)26-3)7-8-17(24)14-9-20(27-4)22(29-6)21(10-14)28-5/h9-12H,7-8H2,1-6H3. The summed E-state index contributed by atoms with van der Waals surface area (Å²) in [5.41, 5.74) is 1.12. The van der Waals surface area contributed by atoms with E-state index in [1.807, 2.05) is 0 Å². The minimum atomic E-state index is -0.454. The van der Waals surface area contributed by atoms with Crippen LogP contribution in [-0.4, -0.2) is 47.3 Å². The van der Waals surface area contributed by atoms with Gasteiger partial charge < -0.3 is 28.4 Å². The molecule has 2 aromatic carbocycles. The lowest BCUT2D eigenvalue weighted by atomic mass is 10.0. The highest BCUT2D eigenvalue weighted by Gasteiger charge is 2.19. The zero-order valence-corrected chi connectivity index (χ0v) is 18.0. The minimum Gasteiger partial charge on any atom is -0.496 e. The average Bonchev–Trinajstić information content (AvgIpc) is 2.75. The number of esters is 1. The van der Waals surface area contributed by atoms with E-state index in [0.717, 1.165) is 0 Å². The summed E-state index contributed by atoms with van der Waals surface area (Å²) in [5.74, 6) is 1.87. The molecule has 30 heavy (non-hydrogen) atoms. The molecule has 0 aliphatic heterocycles. The van der Waals surface area contributed by atoms with E-state index in [1.54, 1.807) is 24.3 Å². The van der Waals surface area contributed by atoms with Crippen LogP contribution in [0, 0.1) is 0 Å². The summed E-state index contributed by atoms with van der Waals surface area (Å²) >= 11 is 0. The van der Waals surface area contributed by atoms with E-state index in [1.165, 1.54) is 42.5 Å². The first-order chi connectivity index (χ1) is 14.4. The molecule has 0 saturated heterocycles. The highest BCUT2D eigenvalue weighted by atomic mass is 16.5. The SMILES string of the molecule is COc1cc(OC(C)=O)cc(OC)c1CCC(=O)c1cc(OC)c(OC)c(OC)c1. The smallest absolute Gasteiger partial charge is 0.308 e. The molecule has 0 atom stereocenters. The second kappa shape index (κ2) is 10.4. The molecule has 0 amide bonds. The lowest BCUT2D eigenvalue weighted by molar-refractivity contribution is -0.131. The first-order valence-electron chi connectivity index (χ1n) is 9.14. The van der Waals surface area contributed by atoms with Crippen molar-refractivity contribution in [3.05, 3.63) is 35.4 Å². The first kappa shape index (κ1) is 22.9. The Labute approximate surface area is 175 Å². The Morgan fingerprint density at radius 3 is 1.63 bits per heavy atom. The van der Waals surface area contributed by atoms with Crippen LogP contribution in [0.1, 0.15) is 29.3 Å². The lowest BCUT2D eigenvalue weighted by Crippen LogP contribution is -2.07. The van der Waals surface area contributed by atoms with Crippen LogP contribution in [-0.2, 0) is 11.2 Å². The van der Waals surface area contributed by atoms with Crippen molar-refractivity contribution < 1.29 is 38.0 Å². The Morgan fingerprint density at radius 1 is 0.733 bits per heavy atom. The Morgan fingerprint density at radius 2 is 1.23 bits per heavy atom. The van der Waals surface area contributed by atoms with Crippen molar-refractivity contribution in [1.82, 2.24) is 0 Å². The van der Waals surface area contributed by atoms with Crippen LogP contribution in [0.15, 0.2) is 24.3 Å². The Balaban J connectivity index is 2.30. The summed E-state index contributed by atoms with van der Waals surface area (Å²) in [6.45, 7) is 1.31. The van der Waals surface area contributed by atoms with E-state index in [2.05, 4.69) is 0 Å². The van der Waals surface area contributed by atoms with Gasteiger partial charge in [-0.15, -0.1) is 0 Å². The van der Waals surface area contributed by atoms with Crippen molar-refractivity contribution in [3.63, 3.8) is 0 Å². The molecule has 0 radical (unpaired) electrons. The summed E-state index contributed by atoms with van der Waals surface area (Å²) in [7, 11) is 7.48. The Hall–Kier alpha value is -3.42. The summed E-state index contributed by atoms with van der Waals surface area (Å²) in [5, 5.41) is 0. The maximum absolute atomic E-state index is 12.9. The molecule has 0 unspecified atom stereocenters. The largest absolute Gasteiger partial charge is 0.496 e. The normalized spacial score (nSPS) is 10.2. The highest BCUT2D eigenvalue weighted by Crippen LogP contribution is 2.39. The van der Waals surface area contributed by atoms with Gasteiger partial charge in [0.15, 0.2) is 17.3 Å². The highest BCUT2D eigenvalue weighted by molar-refractivity contribution is 5.97. The van der Waals surface area contributed by atoms with Crippen LogP contribution < -0.4 is 28.4 Å². The van der Waals surface area contributed by atoms with Gasteiger partial charge in [-0.25, -0.2) is 0 Å². The van der Waals surface area contributed by atoms with Gasteiger partial charge in [-0.2, -0.15) is 0 Å². The number of carbonyl (C=O) groups excluding carboxylic acids is 2. The number of ether oxygens (including phenoxy) is 6. The molecule has 2 aromatic rings. The zero-order chi connectivity index (χ0) is 22.3. The molecule has 8 nitrogen and oxygen atoms in total. The zero-order valence-electron chi connectivity index (χ0n) is 18.0. The fourth-order valence-electron chi connectivity index (χ4n) is 3.06. The maximum Gasteiger partial charge on any atom is 0.308 e. The van der Waals surface area contributed by atoms with Crippen LogP contribution in [0.4, 0.5) is 0 Å². The van der Waals surface area contributed by atoms with E-state index >= 15 is 0 Å². The summed E-state index contributed by atoms with van der Waals surface area (Å²) in [4.78, 5) is 24.1. The van der Waals surface area contributed by atoms with Gasteiger partial charge in [-0.1, -0.05) is 0 Å². The van der Waals surface area contributed by atoms with E-state index in [9.17, 15) is 9.59 Å². The van der Waals surface area contributed by atoms with Gasteiger partial charge in [-0.05, 0) is 18.6 Å². The van der Waals surface area contributed by atoms with Crippen molar-refractivity contribution in [2.24, 2.45) is 0 Å². The van der Waals surface area contributed by atoms with Gasteiger partial charge in [-0.3, -0.25) is 9.59 Å². The topological polar surface area (TPSA) is 89.5 Å². The number of hydrogen-bond donors (Lipinski definition) is 0. The second-order valence-electron chi connectivity index (χ2n) is 6.24. The molecule has 0 bridgehead atoms. The van der Waals surface area contributed by atoms with Crippen molar-refractivity contribution in [2.45, 2.75) is 19.8 Å². The van der Waals surface area contributed by atoms with E-state index < -0.39 is 5.97 Å². The van der Waals surface area contributed by atoms with Gasteiger partial charge in [0, 0.05) is 36.6 Å². The van der Waals surface area contributed by atoms with E-state index in [4.69, 9.17) is 28.4 Å². The molecule has 0 aliphatic rings. The third-order valence-electron chi connectivity index (χ3n) is 4.43. The number of rotatable bonds is 10. The van der Waals surface area contributed by atoms with Crippen molar-refractivity contribution in [1.29, 1.82) is 0 Å². The first-order valence-corrected chi connectivity index (χ1v) is 9.14. The van der Waals surface area contributed by atoms with Gasteiger partial charge >= 0.3 is 5.97 Å². The van der Waals surface area contributed by atoms with Gasteiger partial charge in [0.1, 0.15) is 17.2 Å². The molecule has 0 aromatic heterocycles. The second-order valence-corrected chi connectivity index (χ2v) is 6.24. The van der Waals surface area contributed by atoms with Crippen LogP contribution in [0.25, 0.3) is 0 Å². The van der Waals surface area contributed by atoms with Crippen LogP contribution in [0.2, 0.25) is 0 Å². The molecule has 8 heteroatoms. The molecule has 0 aliphatic carbocycles. The van der Waals surface area contributed by atoms with Crippen LogP contribution in [0.5, 0.6) is 34.5 Å². The number of methoxy groups -OCH3 is 5. The van der Waals surface area contributed by atoms with E-state index in [-0.39, 0.29) is 12.2 Å². The Bertz CT molecular complexity index is 869. The maximum atomic E-state index is 12.9. The number of carbonyl (C=O) groups is 2. The predicted molar refractivity (Wildman–Crippen MR) is 110 cm³/mol. The Kier molecular flexibility index (Phi) is 7.91. The van der Waals surface area contributed by atoms with E-state index in [0.29, 0.717) is 52.0 Å². The lowest BCUT2D eigenvalue weighted by Gasteiger charge is -2.16. The molecular weight excluding hydrogens is 392 g/mol. The number of Topliss-reactive ketones (excluding diaryl/α,β-unsaturated/α-hetero) is 1. The van der Waals surface area contributed by atoms with Gasteiger partial charge in [0.05, 0.1) is 35.5 Å². The summed E-state index contributed by atoms with van der Waals surface area (Å²) in [6.07, 6.45) is 0.528. The molecule has 2 rings (SSSR count). The third-order valence-corrected chi connectivity index (χ3v) is 4.43. The predicted octanol–water partition coefficient (Wildman–Crippen LogP) is 3.47. The van der Waals surface area contributed by atoms with Crippen molar-refractivity contribution in [2.75, 3.05) is 35.5 Å². The van der Waals surface area contributed by atoms with Crippen molar-refractivity contribution >= 4 is 11.8 Å². The van der Waals surface area contributed by atoms with Crippen molar-refractivity contribution in [3.8, 4) is 34.5 Å². The molecule has 0 N–H and O–H groups in total. The van der Waals surface area contributed by atoms with Crippen LogP contribution in [0.3, 0.4) is 0 Å². The summed E-state index contributed by atoms with van der Waals surface area (Å²) in [6, 6.07) is 6.40. The minimum absolute atomic E-state index is 0.123. The average molecular weight is 418 g/mol. The number of ketones is 1. The molecular formula is C22H26O8. The fraction of sp³-hybridized carbons (Fsp3) is 0.364. The molecule has 0 heterocycles. The summed E-state index contributed by atoms with van der Waals surface area (Å²) < 4.78 is 31.9. The van der Waals surface area contributed by atoms with Gasteiger partial charge in [0.2, 0.25) is 5.75 Å². The molecule has 0 spiro atoms. The van der Waals surface area contributed by atoms with Gasteiger partial charge in [0.25, 0.3) is 0 Å². The monoisotopic (exact) mass is 418 g/mol. The fourth-order valence-corrected chi connectivity index (χ4v) is 3.06. The molecule has 162 valence electrons. The quantitative estimate of drug-likeness (QED) is 0.329. The number of hydrogen-bond acceptors (Lipinski definition) is 8. The molecule has 0 saturated carbocycles. The van der Waals surface area contributed by atoms with Crippen LogP contribution >= 0.6 is 0 Å². The molecule has 0 fully saturated rings. The number of benzene rings is 2. The third kappa shape index (κ3) is 5.14.